The SMILES string of the molecule is COCCNc1nc(NCCOC)c2ccccc2n1. The molecule has 0 saturated carbocycles. The van der Waals surface area contributed by atoms with E-state index in [0.717, 1.165) is 16.7 Å². The molecule has 2 N–H and O–H groups in total. The monoisotopic (exact) mass is 276 g/mol. The Bertz CT molecular complexity index is 548. The third-order valence-corrected chi connectivity index (χ3v) is 2.79. The fraction of sp³-hybridized carbons (Fsp3) is 0.429. The van der Waals surface area contributed by atoms with Crippen molar-refractivity contribution in [2.75, 3.05) is 51.2 Å². The lowest BCUT2D eigenvalue weighted by Crippen LogP contribution is -2.13. The van der Waals surface area contributed by atoms with E-state index >= 15 is 0 Å². The largest absolute Gasteiger partial charge is 0.383 e. The number of anilines is 2. The second-order valence-electron chi connectivity index (χ2n) is 4.25. The fourth-order valence-corrected chi connectivity index (χ4v) is 1.83. The lowest BCUT2D eigenvalue weighted by Gasteiger charge is -2.11. The molecule has 0 aliphatic carbocycles. The van der Waals surface area contributed by atoms with Crippen molar-refractivity contribution in [3.05, 3.63) is 24.3 Å². The van der Waals surface area contributed by atoms with E-state index in [1.165, 1.54) is 0 Å². The first-order chi connectivity index (χ1) is 9.85. The van der Waals surface area contributed by atoms with E-state index in [4.69, 9.17) is 9.47 Å². The molecule has 2 aromatic rings. The van der Waals surface area contributed by atoms with Crippen LogP contribution < -0.4 is 10.6 Å². The number of aromatic nitrogens is 2. The van der Waals surface area contributed by atoms with Gasteiger partial charge in [0.2, 0.25) is 5.95 Å². The predicted molar refractivity (Wildman–Crippen MR) is 80.3 cm³/mol. The van der Waals surface area contributed by atoms with Crippen LogP contribution in [0, 0.1) is 0 Å². The maximum atomic E-state index is 5.05. The Morgan fingerprint density at radius 3 is 2.40 bits per heavy atom. The molecular weight excluding hydrogens is 256 g/mol. The zero-order valence-electron chi connectivity index (χ0n) is 11.8. The minimum atomic E-state index is 0.598. The van der Waals surface area contributed by atoms with Crippen molar-refractivity contribution in [2.24, 2.45) is 0 Å². The van der Waals surface area contributed by atoms with Crippen LogP contribution in [0.5, 0.6) is 0 Å². The molecule has 6 nitrogen and oxygen atoms in total. The van der Waals surface area contributed by atoms with E-state index in [-0.39, 0.29) is 0 Å². The summed E-state index contributed by atoms with van der Waals surface area (Å²) in [6, 6.07) is 7.92. The fourth-order valence-electron chi connectivity index (χ4n) is 1.83. The number of hydrogen-bond acceptors (Lipinski definition) is 6. The summed E-state index contributed by atoms with van der Waals surface area (Å²) in [7, 11) is 3.35. The first-order valence-electron chi connectivity index (χ1n) is 6.57. The molecule has 0 radical (unpaired) electrons. The van der Waals surface area contributed by atoms with Crippen LogP contribution in [0.2, 0.25) is 0 Å². The number of nitrogens with one attached hydrogen (secondary N) is 2. The van der Waals surface area contributed by atoms with Crippen LogP contribution in [0.4, 0.5) is 11.8 Å². The van der Waals surface area contributed by atoms with Crippen LogP contribution in [0.3, 0.4) is 0 Å². The van der Waals surface area contributed by atoms with Crippen LogP contribution >= 0.6 is 0 Å². The molecule has 2 rings (SSSR count). The van der Waals surface area contributed by atoms with Crippen LogP contribution in [0.15, 0.2) is 24.3 Å². The van der Waals surface area contributed by atoms with E-state index in [2.05, 4.69) is 20.6 Å². The highest BCUT2D eigenvalue weighted by Gasteiger charge is 2.06. The lowest BCUT2D eigenvalue weighted by molar-refractivity contribution is 0.210. The smallest absolute Gasteiger partial charge is 0.225 e. The molecule has 1 aromatic carbocycles. The maximum absolute atomic E-state index is 5.05. The average Bonchev–Trinajstić information content (AvgIpc) is 2.48. The summed E-state index contributed by atoms with van der Waals surface area (Å²) < 4.78 is 10.1. The number of fused-ring (bicyclic) bond motifs is 1. The first kappa shape index (κ1) is 14.5. The summed E-state index contributed by atoms with van der Waals surface area (Å²) in [6.07, 6.45) is 0. The Hall–Kier alpha value is -1.92. The molecule has 0 atom stereocenters. The van der Waals surface area contributed by atoms with Gasteiger partial charge in [-0.1, -0.05) is 12.1 Å². The zero-order valence-corrected chi connectivity index (χ0v) is 11.8. The van der Waals surface area contributed by atoms with Gasteiger partial charge in [0.15, 0.2) is 0 Å². The van der Waals surface area contributed by atoms with Crippen molar-refractivity contribution >= 4 is 22.7 Å². The third kappa shape index (κ3) is 3.79. The molecule has 0 aliphatic rings. The molecule has 0 spiro atoms. The van der Waals surface area contributed by atoms with Crippen LogP contribution in [0.1, 0.15) is 0 Å². The number of benzene rings is 1. The maximum Gasteiger partial charge on any atom is 0.225 e. The van der Waals surface area contributed by atoms with Gasteiger partial charge < -0.3 is 20.1 Å². The molecule has 1 heterocycles. The van der Waals surface area contributed by atoms with E-state index < -0.39 is 0 Å². The molecule has 108 valence electrons. The van der Waals surface area contributed by atoms with E-state index in [9.17, 15) is 0 Å². The van der Waals surface area contributed by atoms with Crippen molar-refractivity contribution in [1.82, 2.24) is 9.97 Å². The normalized spacial score (nSPS) is 10.7. The highest BCUT2D eigenvalue weighted by molar-refractivity contribution is 5.89. The Kier molecular flexibility index (Phi) is 5.52. The number of rotatable bonds is 8. The van der Waals surface area contributed by atoms with Gasteiger partial charge in [-0.3, -0.25) is 0 Å². The number of methoxy groups -OCH3 is 2. The Labute approximate surface area is 118 Å². The summed E-state index contributed by atoms with van der Waals surface area (Å²) >= 11 is 0. The van der Waals surface area contributed by atoms with Gasteiger partial charge >= 0.3 is 0 Å². The molecule has 6 heteroatoms. The molecule has 20 heavy (non-hydrogen) atoms. The third-order valence-electron chi connectivity index (χ3n) is 2.79. The van der Waals surface area contributed by atoms with Gasteiger partial charge in [-0.05, 0) is 12.1 Å². The minimum absolute atomic E-state index is 0.598. The Morgan fingerprint density at radius 1 is 0.950 bits per heavy atom. The standard InChI is InChI=1S/C14H20N4O2/c1-19-9-7-15-13-11-5-3-4-6-12(11)17-14(18-13)16-8-10-20-2/h3-6H,7-10H2,1-2H3,(H2,15,16,17,18). The summed E-state index contributed by atoms with van der Waals surface area (Å²) in [5, 5.41) is 7.42. The summed E-state index contributed by atoms with van der Waals surface area (Å²) in [5.41, 5.74) is 0.905. The van der Waals surface area contributed by atoms with Gasteiger partial charge in [-0.15, -0.1) is 0 Å². The summed E-state index contributed by atoms with van der Waals surface area (Å²) in [4.78, 5) is 8.99. The highest BCUT2D eigenvalue weighted by atomic mass is 16.5. The predicted octanol–water partition coefficient (Wildman–Crippen LogP) is 1.75. The Morgan fingerprint density at radius 2 is 1.65 bits per heavy atom. The number of para-hydroxylation sites is 1. The van der Waals surface area contributed by atoms with E-state index in [0.29, 0.717) is 32.3 Å². The van der Waals surface area contributed by atoms with E-state index in [1.807, 2.05) is 24.3 Å². The molecule has 0 aliphatic heterocycles. The van der Waals surface area contributed by atoms with Crippen molar-refractivity contribution in [3.63, 3.8) is 0 Å². The van der Waals surface area contributed by atoms with Crippen LogP contribution in [-0.2, 0) is 9.47 Å². The molecule has 1 aromatic heterocycles. The van der Waals surface area contributed by atoms with E-state index in [1.54, 1.807) is 14.2 Å². The molecule has 0 saturated heterocycles. The van der Waals surface area contributed by atoms with Gasteiger partial charge in [0.1, 0.15) is 5.82 Å². The average molecular weight is 276 g/mol. The molecule has 0 bridgehead atoms. The number of hydrogen-bond donors (Lipinski definition) is 2. The van der Waals surface area contributed by atoms with Crippen molar-refractivity contribution < 1.29 is 9.47 Å². The quantitative estimate of drug-likeness (QED) is 0.716. The first-order valence-corrected chi connectivity index (χ1v) is 6.57. The second kappa shape index (κ2) is 7.62. The highest BCUT2D eigenvalue weighted by Crippen LogP contribution is 2.21. The molecule has 0 unspecified atom stereocenters. The van der Waals surface area contributed by atoms with Crippen LogP contribution in [-0.4, -0.2) is 50.5 Å². The molecule has 0 fully saturated rings. The topological polar surface area (TPSA) is 68.3 Å². The van der Waals surface area contributed by atoms with Crippen molar-refractivity contribution in [2.45, 2.75) is 0 Å². The molecular formula is C14H20N4O2. The summed E-state index contributed by atoms with van der Waals surface area (Å²) in [6.45, 7) is 2.62. The number of ether oxygens (including phenoxy) is 2. The van der Waals surface area contributed by atoms with Gasteiger partial charge in [-0.25, -0.2) is 4.98 Å². The van der Waals surface area contributed by atoms with Gasteiger partial charge in [0.05, 0.1) is 18.7 Å². The van der Waals surface area contributed by atoms with Gasteiger partial charge in [0, 0.05) is 32.7 Å². The summed E-state index contributed by atoms with van der Waals surface area (Å²) in [5.74, 6) is 1.41. The van der Waals surface area contributed by atoms with Crippen LogP contribution in [0.25, 0.3) is 10.9 Å². The van der Waals surface area contributed by atoms with Crippen molar-refractivity contribution in [1.29, 1.82) is 0 Å². The minimum Gasteiger partial charge on any atom is -0.383 e. The van der Waals surface area contributed by atoms with Gasteiger partial charge in [-0.2, -0.15) is 4.98 Å². The lowest BCUT2D eigenvalue weighted by atomic mass is 10.2. The van der Waals surface area contributed by atoms with Crippen molar-refractivity contribution in [3.8, 4) is 0 Å². The molecule has 0 amide bonds. The number of nitrogens with zero attached hydrogens (tertiary/aromatic N) is 2. The Balaban J connectivity index is 2.21. The van der Waals surface area contributed by atoms with Gasteiger partial charge in [0.25, 0.3) is 0 Å². The second-order valence-corrected chi connectivity index (χ2v) is 4.25. The zero-order chi connectivity index (χ0) is 14.2.